The molecule has 0 saturated carbocycles. The topological polar surface area (TPSA) is 35.8 Å². The van der Waals surface area contributed by atoms with Crippen molar-refractivity contribution in [3.05, 3.63) is 63.6 Å². The summed E-state index contributed by atoms with van der Waals surface area (Å²) in [5.41, 5.74) is 1.69. The zero-order chi connectivity index (χ0) is 13.8. The molecule has 0 heterocycles. The van der Waals surface area contributed by atoms with E-state index in [1.54, 1.807) is 24.3 Å². The largest absolute Gasteiger partial charge is 0.379 e. The smallest absolute Gasteiger partial charge is 0.149 e. The van der Waals surface area contributed by atoms with Crippen LogP contribution in [-0.2, 0) is 6.54 Å². The van der Waals surface area contributed by atoms with Gasteiger partial charge >= 0.3 is 0 Å². The quantitative estimate of drug-likeness (QED) is 0.859. The van der Waals surface area contributed by atoms with Crippen LogP contribution in [0.15, 0.2) is 40.9 Å². The minimum Gasteiger partial charge on any atom is -0.379 e. The van der Waals surface area contributed by atoms with Crippen LogP contribution in [0.2, 0.25) is 0 Å². The Morgan fingerprint density at radius 3 is 2.42 bits per heavy atom. The molecule has 2 aromatic carbocycles. The van der Waals surface area contributed by atoms with E-state index in [2.05, 4.69) is 21.2 Å². The summed E-state index contributed by atoms with van der Waals surface area (Å²) < 4.78 is 26.8. The van der Waals surface area contributed by atoms with Crippen molar-refractivity contribution in [2.75, 3.05) is 5.32 Å². The first-order valence-electron chi connectivity index (χ1n) is 5.47. The third kappa shape index (κ3) is 3.30. The highest BCUT2D eigenvalue weighted by molar-refractivity contribution is 9.10. The van der Waals surface area contributed by atoms with Crippen LogP contribution in [0.3, 0.4) is 0 Å². The molecule has 0 aliphatic rings. The lowest BCUT2D eigenvalue weighted by atomic mass is 10.1. The van der Waals surface area contributed by atoms with E-state index < -0.39 is 11.6 Å². The number of nitrogens with one attached hydrogen (secondary N) is 1. The second-order valence-electron chi connectivity index (χ2n) is 3.91. The Labute approximate surface area is 117 Å². The van der Waals surface area contributed by atoms with Gasteiger partial charge in [-0.25, -0.2) is 8.78 Å². The summed E-state index contributed by atoms with van der Waals surface area (Å²) in [5.74, 6) is -1.28. The van der Waals surface area contributed by atoms with Gasteiger partial charge in [0.2, 0.25) is 0 Å². The van der Waals surface area contributed by atoms with Crippen molar-refractivity contribution in [1.82, 2.24) is 0 Å². The van der Waals surface area contributed by atoms with E-state index in [9.17, 15) is 8.78 Å². The van der Waals surface area contributed by atoms with E-state index in [0.29, 0.717) is 12.1 Å². The van der Waals surface area contributed by atoms with Gasteiger partial charge in [0.1, 0.15) is 11.6 Å². The summed E-state index contributed by atoms with van der Waals surface area (Å²) in [6.07, 6.45) is 0. The molecule has 0 atom stereocenters. The third-order valence-electron chi connectivity index (χ3n) is 2.58. The number of rotatable bonds is 3. The molecule has 0 aliphatic carbocycles. The van der Waals surface area contributed by atoms with Gasteiger partial charge in [0.25, 0.3) is 0 Å². The Hall–Kier alpha value is -1.93. The van der Waals surface area contributed by atoms with Gasteiger partial charge in [0.15, 0.2) is 0 Å². The second kappa shape index (κ2) is 5.81. The molecule has 0 spiro atoms. The van der Waals surface area contributed by atoms with Gasteiger partial charge in [-0.2, -0.15) is 5.26 Å². The molecule has 2 nitrogen and oxygen atoms in total. The van der Waals surface area contributed by atoms with Crippen LogP contribution in [0.4, 0.5) is 14.5 Å². The number of anilines is 1. The monoisotopic (exact) mass is 322 g/mol. The molecule has 0 aromatic heterocycles. The van der Waals surface area contributed by atoms with Crippen molar-refractivity contribution >= 4 is 21.6 Å². The molecule has 19 heavy (non-hydrogen) atoms. The zero-order valence-electron chi connectivity index (χ0n) is 9.75. The fourth-order valence-corrected chi connectivity index (χ4v) is 1.90. The maximum absolute atomic E-state index is 13.5. The number of nitrogens with zero attached hydrogens (tertiary/aromatic N) is 1. The Morgan fingerprint density at radius 1 is 1.11 bits per heavy atom. The van der Waals surface area contributed by atoms with Gasteiger partial charge in [-0.05, 0) is 39.7 Å². The molecule has 1 N–H and O–H groups in total. The fourth-order valence-electron chi connectivity index (χ4n) is 1.55. The van der Waals surface area contributed by atoms with Gasteiger partial charge < -0.3 is 5.32 Å². The van der Waals surface area contributed by atoms with Crippen molar-refractivity contribution in [3.63, 3.8) is 0 Å². The maximum Gasteiger partial charge on any atom is 0.149 e. The number of halogens is 3. The molecule has 0 unspecified atom stereocenters. The molecule has 96 valence electrons. The normalized spacial score (nSPS) is 10.0. The first-order chi connectivity index (χ1) is 9.10. The van der Waals surface area contributed by atoms with Crippen LogP contribution < -0.4 is 5.32 Å². The predicted molar refractivity (Wildman–Crippen MR) is 72.5 cm³/mol. The number of hydrogen-bond donors (Lipinski definition) is 1. The van der Waals surface area contributed by atoms with Gasteiger partial charge in [0, 0.05) is 12.6 Å². The number of hydrogen-bond acceptors (Lipinski definition) is 2. The van der Waals surface area contributed by atoms with Crippen LogP contribution in [0.25, 0.3) is 0 Å². The van der Waals surface area contributed by atoms with E-state index in [1.807, 2.05) is 6.07 Å². The molecule has 2 aromatic rings. The minimum absolute atomic E-state index is 0.205. The Kier molecular flexibility index (Phi) is 4.13. The van der Waals surface area contributed by atoms with Crippen molar-refractivity contribution in [3.8, 4) is 6.07 Å². The molecular formula is C14H9BrF2N2. The van der Waals surface area contributed by atoms with Gasteiger partial charge in [0.05, 0.1) is 21.8 Å². The zero-order valence-corrected chi connectivity index (χ0v) is 11.3. The Morgan fingerprint density at radius 2 is 1.79 bits per heavy atom. The van der Waals surface area contributed by atoms with E-state index in [-0.39, 0.29) is 10.2 Å². The average molecular weight is 323 g/mol. The Balaban J connectivity index is 2.10. The Bertz CT molecular complexity index is 633. The highest BCUT2D eigenvalue weighted by atomic mass is 79.9. The lowest BCUT2D eigenvalue weighted by Crippen LogP contribution is -2.02. The highest BCUT2D eigenvalue weighted by Crippen LogP contribution is 2.24. The molecule has 0 amide bonds. The SMILES string of the molecule is N#Cc1ccc(CNc2cc(Br)c(F)cc2F)cc1. The summed E-state index contributed by atoms with van der Waals surface area (Å²) in [7, 11) is 0. The first-order valence-corrected chi connectivity index (χ1v) is 6.27. The minimum atomic E-state index is -0.644. The molecule has 0 radical (unpaired) electrons. The summed E-state index contributed by atoms with van der Waals surface area (Å²) in [6, 6.07) is 11.1. The van der Waals surface area contributed by atoms with Crippen LogP contribution in [0.5, 0.6) is 0 Å². The number of benzene rings is 2. The van der Waals surface area contributed by atoms with E-state index >= 15 is 0 Å². The summed E-state index contributed by atoms with van der Waals surface area (Å²) in [6.45, 7) is 0.390. The van der Waals surface area contributed by atoms with Gasteiger partial charge in [-0.1, -0.05) is 12.1 Å². The van der Waals surface area contributed by atoms with Crippen molar-refractivity contribution in [2.45, 2.75) is 6.54 Å². The molecule has 0 saturated heterocycles. The molecule has 0 fully saturated rings. The molecule has 5 heteroatoms. The fraction of sp³-hybridized carbons (Fsp3) is 0.0714. The van der Waals surface area contributed by atoms with Crippen LogP contribution in [0, 0.1) is 23.0 Å². The van der Waals surface area contributed by atoms with E-state index in [0.717, 1.165) is 11.6 Å². The lowest BCUT2D eigenvalue weighted by Gasteiger charge is -2.08. The van der Waals surface area contributed by atoms with Crippen molar-refractivity contribution in [1.29, 1.82) is 5.26 Å². The van der Waals surface area contributed by atoms with Crippen LogP contribution >= 0.6 is 15.9 Å². The summed E-state index contributed by atoms with van der Waals surface area (Å²) in [4.78, 5) is 0. The highest BCUT2D eigenvalue weighted by Gasteiger charge is 2.07. The standard InChI is InChI=1S/C14H9BrF2N2/c15-11-5-14(13(17)6-12(11)16)19-8-10-3-1-9(7-18)2-4-10/h1-6,19H,8H2. The van der Waals surface area contributed by atoms with Crippen molar-refractivity contribution < 1.29 is 8.78 Å². The maximum atomic E-state index is 13.5. The molecule has 0 bridgehead atoms. The van der Waals surface area contributed by atoms with E-state index in [4.69, 9.17) is 5.26 Å². The summed E-state index contributed by atoms with van der Waals surface area (Å²) in [5, 5.41) is 11.6. The first kappa shape index (κ1) is 13.5. The average Bonchev–Trinajstić information content (AvgIpc) is 2.42. The predicted octanol–water partition coefficient (Wildman–Crippen LogP) is 4.21. The number of nitriles is 1. The van der Waals surface area contributed by atoms with E-state index in [1.165, 1.54) is 6.07 Å². The molecule has 0 aliphatic heterocycles. The second-order valence-corrected chi connectivity index (χ2v) is 4.76. The lowest BCUT2D eigenvalue weighted by molar-refractivity contribution is 0.580. The molecule has 2 rings (SSSR count). The van der Waals surface area contributed by atoms with Gasteiger partial charge in [-0.3, -0.25) is 0 Å². The third-order valence-corrected chi connectivity index (χ3v) is 3.18. The van der Waals surface area contributed by atoms with Crippen LogP contribution in [0.1, 0.15) is 11.1 Å². The van der Waals surface area contributed by atoms with Gasteiger partial charge in [-0.15, -0.1) is 0 Å². The molecular weight excluding hydrogens is 314 g/mol. The van der Waals surface area contributed by atoms with Crippen LogP contribution in [-0.4, -0.2) is 0 Å². The summed E-state index contributed by atoms with van der Waals surface area (Å²) >= 11 is 3.01. The van der Waals surface area contributed by atoms with Crippen molar-refractivity contribution in [2.24, 2.45) is 0 Å².